The zero-order valence-electron chi connectivity index (χ0n) is 23.9. The number of ether oxygens (including phenoxy) is 1. The van der Waals surface area contributed by atoms with Crippen LogP contribution in [0.2, 0.25) is 15.1 Å². The number of sulfonamides is 1. The van der Waals surface area contributed by atoms with Crippen LogP contribution in [0.1, 0.15) is 36.8 Å². The molecule has 12 heteroatoms. The van der Waals surface area contributed by atoms with E-state index in [-0.39, 0.29) is 35.6 Å². The Morgan fingerprint density at radius 3 is 2.23 bits per heavy atom. The number of carbonyl (C=O) groups is 2. The van der Waals surface area contributed by atoms with Gasteiger partial charge in [0, 0.05) is 19.0 Å². The third-order valence-corrected chi connectivity index (χ3v) is 9.59. The molecule has 43 heavy (non-hydrogen) atoms. The number of rotatable bonds is 12. The molecule has 0 aliphatic heterocycles. The molecule has 0 heterocycles. The number of anilines is 1. The van der Waals surface area contributed by atoms with Crippen LogP contribution in [-0.2, 0) is 32.6 Å². The van der Waals surface area contributed by atoms with Gasteiger partial charge in [-0.05, 0) is 54.3 Å². The summed E-state index contributed by atoms with van der Waals surface area (Å²) in [6.45, 7) is -0.572. The van der Waals surface area contributed by atoms with Crippen LogP contribution in [-0.4, -0.2) is 57.1 Å². The van der Waals surface area contributed by atoms with Crippen LogP contribution < -0.4 is 14.4 Å². The highest BCUT2D eigenvalue weighted by Gasteiger charge is 2.34. The highest BCUT2D eigenvalue weighted by molar-refractivity contribution is 7.92. The predicted octanol–water partition coefficient (Wildman–Crippen LogP) is 6.12. The van der Waals surface area contributed by atoms with Crippen molar-refractivity contribution in [2.75, 3.05) is 24.2 Å². The average molecular weight is 667 g/mol. The van der Waals surface area contributed by atoms with Crippen molar-refractivity contribution in [3.8, 4) is 5.75 Å². The quantitative estimate of drug-likeness (QED) is 0.251. The molecule has 3 aromatic carbocycles. The van der Waals surface area contributed by atoms with E-state index in [0.717, 1.165) is 41.8 Å². The SMILES string of the molecule is COc1ccc(N(CC(=O)N(Cc2ccc(Cl)c(Cl)c2)C(Cc2ccccc2)C(=O)NC2CCCC2)S(C)(=O)=O)cc1Cl. The van der Waals surface area contributed by atoms with E-state index in [4.69, 9.17) is 39.5 Å². The zero-order chi connectivity index (χ0) is 31.1. The highest BCUT2D eigenvalue weighted by atomic mass is 35.5. The lowest BCUT2D eigenvalue weighted by molar-refractivity contribution is -0.140. The standard InChI is InChI=1S/C31H34Cl3N3O5S/c1-42-29-15-13-24(18-27(29)34)37(43(2,40)41)20-30(38)36(19-22-12-14-25(32)26(33)16-22)28(17-21-8-4-3-5-9-21)31(39)35-23-10-6-7-11-23/h3-5,8-9,12-16,18,23,28H,6-7,10-11,17,19-20H2,1-2H3,(H,35,39). The van der Waals surface area contributed by atoms with Gasteiger partial charge in [0.05, 0.1) is 34.1 Å². The summed E-state index contributed by atoms with van der Waals surface area (Å²) in [7, 11) is -2.50. The predicted molar refractivity (Wildman–Crippen MR) is 172 cm³/mol. The van der Waals surface area contributed by atoms with E-state index in [1.807, 2.05) is 30.3 Å². The van der Waals surface area contributed by atoms with Crippen molar-refractivity contribution in [3.05, 3.63) is 92.9 Å². The maximum atomic E-state index is 14.2. The van der Waals surface area contributed by atoms with Crippen LogP contribution in [0, 0.1) is 0 Å². The monoisotopic (exact) mass is 665 g/mol. The summed E-state index contributed by atoms with van der Waals surface area (Å²) in [5.41, 5.74) is 1.67. The number of amides is 2. The van der Waals surface area contributed by atoms with Gasteiger partial charge < -0.3 is 15.0 Å². The Morgan fingerprint density at radius 2 is 1.63 bits per heavy atom. The largest absolute Gasteiger partial charge is 0.495 e. The summed E-state index contributed by atoms with van der Waals surface area (Å²) in [5, 5.41) is 3.97. The minimum absolute atomic E-state index is 0.00766. The Morgan fingerprint density at radius 1 is 0.930 bits per heavy atom. The van der Waals surface area contributed by atoms with Gasteiger partial charge in [-0.15, -0.1) is 0 Å². The van der Waals surface area contributed by atoms with Crippen LogP contribution in [0.4, 0.5) is 5.69 Å². The van der Waals surface area contributed by atoms with E-state index in [1.165, 1.54) is 30.2 Å². The number of hydrogen-bond acceptors (Lipinski definition) is 5. The Bertz CT molecular complexity index is 1550. The molecule has 0 aromatic heterocycles. The Kier molecular flexibility index (Phi) is 11.2. The van der Waals surface area contributed by atoms with Crippen molar-refractivity contribution in [2.45, 2.75) is 50.7 Å². The molecule has 8 nitrogen and oxygen atoms in total. The summed E-state index contributed by atoms with van der Waals surface area (Å²) in [5.74, 6) is -0.522. The van der Waals surface area contributed by atoms with E-state index in [2.05, 4.69) is 5.32 Å². The van der Waals surface area contributed by atoms with Gasteiger partial charge in [-0.2, -0.15) is 0 Å². The second-order valence-electron chi connectivity index (χ2n) is 10.6. The fraction of sp³-hybridized carbons (Fsp3) is 0.355. The zero-order valence-corrected chi connectivity index (χ0v) is 27.0. The fourth-order valence-corrected chi connectivity index (χ4v) is 6.59. The molecule has 1 fully saturated rings. The first-order valence-electron chi connectivity index (χ1n) is 13.8. The van der Waals surface area contributed by atoms with Gasteiger partial charge in [-0.3, -0.25) is 13.9 Å². The summed E-state index contributed by atoms with van der Waals surface area (Å²) in [6.07, 6.45) is 5.01. The molecule has 1 aliphatic carbocycles. The van der Waals surface area contributed by atoms with Gasteiger partial charge in [0.15, 0.2) is 0 Å². The Balaban J connectivity index is 1.74. The van der Waals surface area contributed by atoms with E-state index in [0.29, 0.717) is 21.4 Å². The molecule has 230 valence electrons. The normalized spacial score (nSPS) is 14.3. The van der Waals surface area contributed by atoms with E-state index in [1.54, 1.807) is 18.2 Å². The maximum absolute atomic E-state index is 14.2. The number of benzene rings is 3. The lowest BCUT2D eigenvalue weighted by Gasteiger charge is -2.34. The van der Waals surface area contributed by atoms with Crippen LogP contribution >= 0.6 is 34.8 Å². The van der Waals surface area contributed by atoms with Crippen molar-refractivity contribution in [2.24, 2.45) is 0 Å². The molecule has 0 radical (unpaired) electrons. The van der Waals surface area contributed by atoms with Gasteiger partial charge in [0.2, 0.25) is 21.8 Å². The molecule has 1 aliphatic rings. The number of carbonyl (C=O) groups excluding carboxylic acids is 2. The molecule has 1 unspecified atom stereocenters. The molecule has 0 saturated heterocycles. The first-order chi connectivity index (χ1) is 20.5. The average Bonchev–Trinajstić information content (AvgIpc) is 3.48. The molecular formula is C31H34Cl3N3O5S. The molecule has 4 rings (SSSR count). The summed E-state index contributed by atoms with van der Waals surface area (Å²) in [6, 6.07) is 17.9. The van der Waals surface area contributed by atoms with Gasteiger partial charge in [-0.1, -0.05) is 84.0 Å². The van der Waals surface area contributed by atoms with Crippen molar-refractivity contribution in [3.63, 3.8) is 0 Å². The third kappa shape index (κ3) is 8.79. The summed E-state index contributed by atoms with van der Waals surface area (Å²) >= 11 is 18.8. The Labute approximate surface area is 267 Å². The number of nitrogens with one attached hydrogen (secondary N) is 1. The van der Waals surface area contributed by atoms with Crippen LogP contribution in [0.15, 0.2) is 66.7 Å². The van der Waals surface area contributed by atoms with Gasteiger partial charge in [0.1, 0.15) is 18.3 Å². The van der Waals surface area contributed by atoms with E-state index >= 15 is 0 Å². The second kappa shape index (κ2) is 14.7. The van der Waals surface area contributed by atoms with E-state index in [9.17, 15) is 18.0 Å². The van der Waals surface area contributed by atoms with Crippen LogP contribution in [0.3, 0.4) is 0 Å². The minimum atomic E-state index is -3.94. The summed E-state index contributed by atoms with van der Waals surface area (Å²) < 4.78 is 32.1. The topological polar surface area (TPSA) is 96.0 Å². The molecule has 3 aromatic rings. The highest BCUT2D eigenvalue weighted by Crippen LogP contribution is 2.31. The first-order valence-corrected chi connectivity index (χ1v) is 16.8. The lowest BCUT2D eigenvalue weighted by atomic mass is 10.0. The molecule has 1 saturated carbocycles. The third-order valence-electron chi connectivity index (χ3n) is 7.41. The molecule has 2 amide bonds. The lowest BCUT2D eigenvalue weighted by Crippen LogP contribution is -2.54. The van der Waals surface area contributed by atoms with Crippen LogP contribution in [0.5, 0.6) is 5.75 Å². The van der Waals surface area contributed by atoms with Gasteiger partial charge >= 0.3 is 0 Å². The number of methoxy groups -OCH3 is 1. The van der Waals surface area contributed by atoms with E-state index < -0.39 is 28.5 Å². The molecule has 1 N–H and O–H groups in total. The maximum Gasteiger partial charge on any atom is 0.244 e. The minimum Gasteiger partial charge on any atom is -0.495 e. The molecule has 0 bridgehead atoms. The van der Waals surface area contributed by atoms with Gasteiger partial charge in [-0.25, -0.2) is 8.42 Å². The van der Waals surface area contributed by atoms with Crippen LogP contribution in [0.25, 0.3) is 0 Å². The molecule has 0 spiro atoms. The smallest absolute Gasteiger partial charge is 0.244 e. The fourth-order valence-electron chi connectivity index (χ4n) is 5.18. The van der Waals surface area contributed by atoms with Gasteiger partial charge in [0.25, 0.3) is 0 Å². The second-order valence-corrected chi connectivity index (χ2v) is 13.7. The van der Waals surface area contributed by atoms with Crippen molar-refractivity contribution >= 4 is 62.3 Å². The first kappa shape index (κ1) is 32.9. The number of halogens is 3. The number of hydrogen-bond donors (Lipinski definition) is 1. The van der Waals surface area contributed by atoms with Crippen molar-refractivity contribution in [1.29, 1.82) is 0 Å². The molecular weight excluding hydrogens is 633 g/mol. The summed E-state index contributed by atoms with van der Waals surface area (Å²) in [4.78, 5) is 29.6. The molecule has 1 atom stereocenters. The Hall–Kier alpha value is -2.98. The van der Waals surface area contributed by atoms with Crippen molar-refractivity contribution < 1.29 is 22.7 Å². The van der Waals surface area contributed by atoms with Crippen molar-refractivity contribution in [1.82, 2.24) is 10.2 Å². The number of nitrogens with zero attached hydrogens (tertiary/aromatic N) is 2.